The first-order chi connectivity index (χ1) is 18.4. The second-order valence-corrected chi connectivity index (χ2v) is 9.29. The summed E-state index contributed by atoms with van der Waals surface area (Å²) in [5.41, 5.74) is -4.04. The number of carbonyl (C=O) groups is 1. The minimum atomic E-state index is -4.84. The average Bonchev–Trinajstić information content (AvgIpc) is 2.88. The van der Waals surface area contributed by atoms with Crippen molar-refractivity contribution in [1.82, 2.24) is 25.1 Å². The smallest absolute Gasteiger partial charge is 0.383 e. The third kappa shape index (κ3) is 6.96. The Bertz CT molecular complexity index is 1180. The van der Waals surface area contributed by atoms with E-state index in [1.165, 1.54) is 0 Å². The lowest BCUT2D eigenvalue weighted by molar-refractivity contribution is -0.151. The maximum Gasteiger partial charge on any atom is 0.423 e. The molecule has 0 bridgehead atoms. The van der Waals surface area contributed by atoms with Crippen LogP contribution < -0.4 is 15.8 Å². The van der Waals surface area contributed by atoms with Gasteiger partial charge in [-0.15, -0.1) is 0 Å². The van der Waals surface area contributed by atoms with Crippen molar-refractivity contribution < 1.29 is 35.9 Å². The number of aromatic amines is 1. The lowest BCUT2D eigenvalue weighted by Gasteiger charge is -2.42. The number of anilines is 2. The molecular weight excluding hydrogens is 536 g/mol. The molecule has 10 nitrogen and oxygen atoms in total. The Balaban J connectivity index is 1.23. The molecule has 0 unspecified atom stereocenters. The van der Waals surface area contributed by atoms with Crippen LogP contribution in [-0.4, -0.2) is 75.9 Å². The summed E-state index contributed by atoms with van der Waals surface area (Å²) in [4.78, 5) is 35.8. The van der Waals surface area contributed by atoms with Gasteiger partial charge in [0.25, 0.3) is 11.5 Å². The summed E-state index contributed by atoms with van der Waals surface area (Å²) in [5.74, 6) is 0.0519. The van der Waals surface area contributed by atoms with Crippen molar-refractivity contribution in [3.8, 4) is 0 Å². The van der Waals surface area contributed by atoms with Crippen LogP contribution in [0.3, 0.4) is 0 Å². The minimum absolute atomic E-state index is 0.0549. The van der Waals surface area contributed by atoms with Crippen LogP contribution in [0.5, 0.6) is 0 Å². The molecule has 2 saturated heterocycles. The molecule has 2 fully saturated rings. The third-order valence-electron chi connectivity index (χ3n) is 6.67. The number of rotatable bonds is 8. The zero-order valence-corrected chi connectivity index (χ0v) is 20.7. The highest BCUT2D eigenvalue weighted by atomic mass is 19.4. The number of hydrogen-bond acceptors (Lipinski definition) is 8. The summed E-state index contributed by atoms with van der Waals surface area (Å²) < 4.78 is 83.3. The fraction of sp³-hybridized carbons (Fsp3) is 0.609. The summed E-state index contributed by atoms with van der Waals surface area (Å²) in [6.45, 7) is 1.72. The molecule has 214 valence electrons. The Morgan fingerprint density at radius 1 is 0.974 bits per heavy atom. The summed E-state index contributed by atoms with van der Waals surface area (Å²) >= 11 is 0. The van der Waals surface area contributed by atoms with Gasteiger partial charge in [-0.3, -0.25) is 9.59 Å². The molecular formula is C23H27F6N7O3. The highest BCUT2D eigenvalue weighted by Gasteiger charge is 2.38. The van der Waals surface area contributed by atoms with E-state index in [9.17, 15) is 35.9 Å². The molecule has 2 aliphatic heterocycles. The van der Waals surface area contributed by atoms with E-state index in [0.29, 0.717) is 45.3 Å². The van der Waals surface area contributed by atoms with Gasteiger partial charge in [0.05, 0.1) is 17.4 Å². The molecule has 16 heteroatoms. The molecule has 2 aliphatic rings. The Morgan fingerprint density at radius 2 is 1.67 bits per heavy atom. The molecule has 0 aromatic carbocycles. The molecule has 2 N–H and O–H groups in total. The molecule has 0 aliphatic carbocycles. The van der Waals surface area contributed by atoms with E-state index in [-0.39, 0.29) is 31.0 Å². The molecule has 4 heterocycles. The Kier molecular flexibility index (Phi) is 8.61. The number of H-pyrrole nitrogens is 1. The van der Waals surface area contributed by atoms with Gasteiger partial charge in [0.15, 0.2) is 0 Å². The zero-order valence-electron chi connectivity index (χ0n) is 20.7. The number of likely N-dealkylation sites (tertiary alicyclic amines) is 1. The first-order valence-electron chi connectivity index (χ1n) is 12.4. The number of amides is 1. The van der Waals surface area contributed by atoms with Gasteiger partial charge in [-0.25, -0.2) is 15.1 Å². The minimum Gasteiger partial charge on any atom is -0.383 e. The third-order valence-corrected chi connectivity index (χ3v) is 6.67. The largest absolute Gasteiger partial charge is 0.423 e. The van der Waals surface area contributed by atoms with Crippen molar-refractivity contribution >= 4 is 17.5 Å². The molecule has 4 rings (SSSR count). The second-order valence-electron chi connectivity index (χ2n) is 9.29. The lowest BCUT2D eigenvalue weighted by atomic mass is 9.98. The van der Waals surface area contributed by atoms with Gasteiger partial charge in [0.1, 0.15) is 11.7 Å². The van der Waals surface area contributed by atoms with Crippen LogP contribution in [0.4, 0.5) is 38.0 Å². The summed E-state index contributed by atoms with van der Waals surface area (Å²) in [5, 5.41) is 7.71. The van der Waals surface area contributed by atoms with Gasteiger partial charge in [-0.2, -0.15) is 31.4 Å². The van der Waals surface area contributed by atoms with Crippen molar-refractivity contribution in [3.63, 3.8) is 0 Å². The molecule has 1 amide bonds. The second kappa shape index (κ2) is 11.8. The van der Waals surface area contributed by atoms with E-state index < -0.39 is 40.8 Å². The van der Waals surface area contributed by atoms with Crippen molar-refractivity contribution in [3.05, 3.63) is 40.1 Å². The Labute approximate surface area is 218 Å². The van der Waals surface area contributed by atoms with Crippen LogP contribution in [0.1, 0.15) is 43.2 Å². The van der Waals surface area contributed by atoms with Crippen molar-refractivity contribution in [1.29, 1.82) is 0 Å². The maximum absolute atomic E-state index is 13.1. The highest BCUT2D eigenvalue weighted by molar-refractivity contribution is 5.82. The summed E-state index contributed by atoms with van der Waals surface area (Å²) in [6, 6.07) is -0.0549. The van der Waals surface area contributed by atoms with Gasteiger partial charge in [-0.05, 0) is 32.1 Å². The fourth-order valence-electron chi connectivity index (χ4n) is 4.73. The molecule has 2 aromatic heterocycles. The number of piperidine rings is 2. The molecule has 2 aromatic rings. The first kappa shape index (κ1) is 28.6. The fourth-order valence-corrected chi connectivity index (χ4v) is 4.73. The normalized spacial score (nSPS) is 19.4. The van der Waals surface area contributed by atoms with E-state index in [0.717, 1.165) is 25.0 Å². The predicted octanol–water partition coefficient (Wildman–Crippen LogP) is 3.08. The van der Waals surface area contributed by atoms with E-state index in [4.69, 9.17) is 4.74 Å². The molecule has 1 atom stereocenters. The average molecular weight is 564 g/mol. The zero-order chi connectivity index (χ0) is 28.2. The molecule has 0 saturated carbocycles. The quantitative estimate of drug-likeness (QED) is 0.372. The van der Waals surface area contributed by atoms with Crippen LogP contribution in [-0.2, 0) is 21.9 Å². The van der Waals surface area contributed by atoms with Gasteiger partial charge >= 0.3 is 12.4 Å². The van der Waals surface area contributed by atoms with Crippen LogP contribution >= 0.6 is 0 Å². The topological polar surface area (TPSA) is 116 Å². The predicted molar refractivity (Wildman–Crippen MR) is 126 cm³/mol. The van der Waals surface area contributed by atoms with Crippen molar-refractivity contribution in [2.45, 2.75) is 56.6 Å². The maximum atomic E-state index is 13.1. The lowest BCUT2D eigenvalue weighted by Crippen LogP contribution is -2.53. The highest BCUT2D eigenvalue weighted by Crippen LogP contribution is 2.32. The SMILES string of the molecule is O=C1[C@H](OCCCNc2cn[nH]c(=O)c2C(F)(F)F)CCCN1C1CCN(c2ncc(C(F)(F)F)cn2)CC1. The number of ether oxygens (including phenoxy) is 1. The van der Waals surface area contributed by atoms with Gasteiger partial charge in [-0.1, -0.05) is 0 Å². The van der Waals surface area contributed by atoms with Crippen LogP contribution in [0, 0.1) is 0 Å². The summed E-state index contributed by atoms with van der Waals surface area (Å²) in [6.07, 6.45) is -4.88. The number of halogens is 6. The Morgan fingerprint density at radius 3 is 2.31 bits per heavy atom. The van der Waals surface area contributed by atoms with Crippen LogP contribution in [0.15, 0.2) is 23.4 Å². The number of alkyl halides is 6. The Hall–Kier alpha value is -3.43. The number of carbonyl (C=O) groups excluding carboxylic acids is 1. The van der Waals surface area contributed by atoms with E-state index >= 15 is 0 Å². The monoisotopic (exact) mass is 563 g/mol. The number of nitrogens with one attached hydrogen (secondary N) is 2. The number of aromatic nitrogens is 4. The van der Waals surface area contributed by atoms with Gasteiger partial charge < -0.3 is 19.9 Å². The molecule has 0 radical (unpaired) electrons. The van der Waals surface area contributed by atoms with Crippen LogP contribution in [0.2, 0.25) is 0 Å². The van der Waals surface area contributed by atoms with Crippen molar-refractivity contribution in [2.75, 3.05) is 43.0 Å². The van der Waals surface area contributed by atoms with Crippen molar-refractivity contribution in [2.24, 2.45) is 0 Å². The molecule has 39 heavy (non-hydrogen) atoms. The van der Waals surface area contributed by atoms with Gasteiger partial charge in [0.2, 0.25) is 5.95 Å². The number of hydrogen-bond donors (Lipinski definition) is 2. The number of nitrogens with zero attached hydrogens (tertiary/aromatic N) is 5. The molecule has 0 spiro atoms. The first-order valence-corrected chi connectivity index (χ1v) is 12.4. The van der Waals surface area contributed by atoms with E-state index in [2.05, 4.69) is 20.4 Å². The van der Waals surface area contributed by atoms with E-state index in [1.54, 1.807) is 14.9 Å². The van der Waals surface area contributed by atoms with Crippen LogP contribution in [0.25, 0.3) is 0 Å². The standard InChI is InChI=1S/C23H27F6N7O3/c24-22(25,26)14-11-31-21(32-12-14)35-8-4-15(5-9-35)36-7-1-3-17(20(36)38)39-10-2-6-30-16-13-33-34-19(37)18(16)23(27,28)29/h11-13,15,17H,1-10H2,(H2,30,34,37)/t17-/m1/s1. The van der Waals surface area contributed by atoms with E-state index in [1.807, 2.05) is 0 Å². The summed E-state index contributed by atoms with van der Waals surface area (Å²) in [7, 11) is 0. The van der Waals surface area contributed by atoms with Gasteiger partial charge in [0, 0.05) is 51.2 Å².